The fourth-order valence-electron chi connectivity index (χ4n) is 4.34. The first kappa shape index (κ1) is 22.0. The molecule has 0 saturated carbocycles. The number of thiophene rings is 2. The average Bonchev–Trinajstić information content (AvgIpc) is 3.42. The smallest absolute Gasteiger partial charge is 0.336 e. The Morgan fingerprint density at radius 3 is 2.68 bits per heavy atom. The Morgan fingerprint density at radius 2 is 2.00 bits per heavy atom. The molecule has 1 aliphatic heterocycles. The Labute approximate surface area is 190 Å². The molecule has 1 aliphatic carbocycles. The molecule has 3 heterocycles. The molecule has 0 aromatic carbocycles. The van der Waals surface area contributed by atoms with E-state index in [1.807, 2.05) is 39.0 Å². The first-order valence-electron chi connectivity index (χ1n) is 10.6. The number of carbonyl (C=O) groups is 2. The van der Waals surface area contributed by atoms with Crippen molar-refractivity contribution >= 4 is 34.4 Å². The predicted octanol–water partition coefficient (Wildman–Crippen LogP) is 5.06. The SMILES string of the molecule is CCOCCOC(=O)C1=C(C)NC2=C(C(=O)C[C@@H](c3cccs3)C2)[C@@H]1c1ccc(C)s1. The molecule has 0 saturated heterocycles. The molecule has 0 fully saturated rings. The van der Waals surface area contributed by atoms with Gasteiger partial charge in [-0.15, -0.1) is 22.7 Å². The van der Waals surface area contributed by atoms with Crippen LogP contribution in [-0.2, 0) is 19.1 Å². The van der Waals surface area contributed by atoms with Gasteiger partial charge in [0.15, 0.2) is 5.78 Å². The van der Waals surface area contributed by atoms with Gasteiger partial charge in [0.25, 0.3) is 0 Å². The molecular formula is C24H27NO4S2. The summed E-state index contributed by atoms with van der Waals surface area (Å²) in [4.78, 5) is 29.9. The van der Waals surface area contributed by atoms with Crippen molar-refractivity contribution in [3.05, 3.63) is 66.8 Å². The van der Waals surface area contributed by atoms with E-state index in [1.54, 1.807) is 22.7 Å². The number of ether oxygens (including phenoxy) is 2. The van der Waals surface area contributed by atoms with Crippen molar-refractivity contribution < 1.29 is 19.1 Å². The maximum absolute atomic E-state index is 13.4. The van der Waals surface area contributed by atoms with Gasteiger partial charge in [0.05, 0.1) is 18.1 Å². The van der Waals surface area contributed by atoms with Gasteiger partial charge in [0.1, 0.15) is 6.61 Å². The third kappa shape index (κ3) is 4.54. The Hall–Kier alpha value is -2.22. The topological polar surface area (TPSA) is 64.6 Å². The molecule has 2 atom stereocenters. The molecule has 5 nitrogen and oxygen atoms in total. The number of hydrogen-bond donors (Lipinski definition) is 1. The van der Waals surface area contributed by atoms with E-state index in [4.69, 9.17) is 9.47 Å². The van der Waals surface area contributed by atoms with Gasteiger partial charge in [0.2, 0.25) is 0 Å². The van der Waals surface area contributed by atoms with Crippen LogP contribution in [-0.4, -0.2) is 31.6 Å². The lowest BCUT2D eigenvalue weighted by molar-refractivity contribution is -0.140. The lowest BCUT2D eigenvalue weighted by atomic mass is 9.74. The third-order valence-electron chi connectivity index (χ3n) is 5.70. The van der Waals surface area contributed by atoms with Crippen molar-refractivity contribution in [2.75, 3.05) is 19.8 Å². The minimum Gasteiger partial charge on any atom is -0.460 e. The second kappa shape index (κ2) is 9.51. The van der Waals surface area contributed by atoms with Crippen LogP contribution in [0.3, 0.4) is 0 Å². The minimum atomic E-state index is -0.388. The van der Waals surface area contributed by atoms with Crippen molar-refractivity contribution in [2.45, 2.75) is 45.4 Å². The highest BCUT2D eigenvalue weighted by Crippen LogP contribution is 2.47. The molecule has 1 N–H and O–H groups in total. The zero-order valence-electron chi connectivity index (χ0n) is 18.0. The number of dihydropyridines is 1. The van der Waals surface area contributed by atoms with E-state index in [-0.39, 0.29) is 30.2 Å². The van der Waals surface area contributed by atoms with E-state index in [2.05, 4.69) is 16.8 Å². The van der Waals surface area contributed by atoms with Crippen LogP contribution in [0.4, 0.5) is 0 Å². The van der Waals surface area contributed by atoms with Gasteiger partial charge >= 0.3 is 5.97 Å². The van der Waals surface area contributed by atoms with Crippen LogP contribution in [0.5, 0.6) is 0 Å². The van der Waals surface area contributed by atoms with Crippen LogP contribution >= 0.6 is 22.7 Å². The molecule has 0 bridgehead atoms. The molecule has 4 rings (SSSR count). The van der Waals surface area contributed by atoms with Gasteiger partial charge < -0.3 is 14.8 Å². The largest absolute Gasteiger partial charge is 0.460 e. The fraction of sp³-hybridized carbons (Fsp3) is 0.417. The lowest BCUT2D eigenvalue weighted by Gasteiger charge is -2.35. The molecule has 0 spiro atoms. The summed E-state index contributed by atoms with van der Waals surface area (Å²) in [6.07, 6.45) is 1.24. The molecular weight excluding hydrogens is 430 g/mol. The van der Waals surface area contributed by atoms with E-state index < -0.39 is 0 Å². The number of hydrogen-bond acceptors (Lipinski definition) is 7. The summed E-state index contributed by atoms with van der Waals surface area (Å²) in [5, 5.41) is 5.45. The molecule has 7 heteroatoms. The van der Waals surface area contributed by atoms with Crippen molar-refractivity contribution in [1.29, 1.82) is 0 Å². The normalized spacial score (nSPS) is 21.2. The van der Waals surface area contributed by atoms with Crippen molar-refractivity contribution in [1.82, 2.24) is 5.32 Å². The monoisotopic (exact) mass is 457 g/mol. The van der Waals surface area contributed by atoms with Crippen LogP contribution < -0.4 is 5.32 Å². The van der Waals surface area contributed by atoms with Gasteiger partial charge in [-0.25, -0.2) is 4.79 Å². The molecule has 0 amide bonds. The number of rotatable bonds is 7. The lowest BCUT2D eigenvalue weighted by Crippen LogP contribution is -2.36. The van der Waals surface area contributed by atoms with Crippen LogP contribution in [0.25, 0.3) is 0 Å². The zero-order valence-corrected chi connectivity index (χ0v) is 19.7. The highest BCUT2D eigenvalue weighted by atomic mass is 32.1. The maximum atomic E-state index is 13.4. The first-order chi connectivity index (χ1) is 15.0. The minimum absolute atomic E-state index is 0.107. The number of Topliss-reactive ketones (excluding diaryl/α,β-unsaturated/α-hetero) is 1. The standard InChI is InChI=1S/C24H27NO4S2/c1-4-28-9-10-29-24(27)21-15(3)25-17-12-16(19-6-5-11-30-19)13-18(26)22(17)23(21)20-8-7-14(2)31-20/h5-8,11,16,23,25H,4,9-10,12-13H2,1-3H3/t16-,23+/m0/s1. The van der Waals surface area contributed by atoms with Gasteiger partial charge in [-0.05, 0) is 50.8 Å². The van der Waals surface area contributed by atoms with Crippen LogP contribution in [0.2, 0.25) is 0 Å². The van der Waals surface area contributed by atoms with Crippen molar-refractivity contribution in [3.63, 3.8) is 0 Å². The van der Waals surface area contributed by atoms with Crippen LogP contribution in [0.1, 0.15) is 53.2 Å². The molecule has 2 aromatic heterocycles. The second-order valence-electron chi connectivity index (χ2n) is 7.81. The summed E-state index contributed by atoms with van der Waals surface area (Å²) in [6, 6.07) is 8.19. The number of nitrogens with one attached hydrogen (secondary N) is 1. The number of ketones is 1. The van der Waals surface area contributed by atoms with E-state index in [0.717, 1.165) is 33.1 Å². The zero-order chi connectivity index (χ0) is 22.0. The number of esters is 1. The Bertz CT molecular complexity index is 1030. The average molecular weight is 458 g/mol. The van der Waals surface area contributed by atoms with E-state index in [0.29, 0.717) is 25.2 Å². The van der Waals surface area contributed by atoms with Crippen molar-refractivity contribution in [3.8, 4) is 0 Å². The maximum Gasteiger partial charge on any atom is 0.336 e. The second-order valence-corrected chi connectivity index (χ2v) is 10.1. The van der Waals surface area contributed by atoms with Crippen molar-refractivity contribution in [2.24, 2.45) is 0 Å². The van der Waals surface area contributed by atoms with E-state index in [9.17, 15) is 9.59 Å². The number of allylic oxidation sites excluding steroid dienone is 3. The summed E-state index contributed by atoms with van der Waals surface area (Å²) >= 11 is 3.32. The van der Waals surface area contributed by atoms with Gasteiger partial charge in [-0.1, -0.05) is 6.07 Å². The summed E-state index contributed by atoms with van der Waals surface area (Å²) in [6.45, 7) is 6.97. The Morgan fingerprint density at radius 1 is 1.16 bits per heavy atom. The predicted molar refractivity (Wildman–Crippen MR) is 123 cm³/mol. The summed E-state index contributed by atoms with van der Waals surface area (Å²) < 4.78 is 10.8. The highest BCUT2D eigenvalue weighted by Gasteiger charge is 2.42. The summed E-state index contributed by atoms with van der Waals surface area (Å²) in [5.74, 6) is -0.487. The fourth-order valence-corrected chi connectivity index (χ4v) is 6.17. The van der Waals surface area contributed by atoms with E-state index in [1.165, 1.54) is 4.88 Å². The number of aryl methyl sites for hydroxylation is 1. The molecule has 0 radical (unpaired) electrons. The Kier molecular flexibility index (Phi) is 6.74. The number of carbonyl (C=O) groups excluding carboxylic acids is 2. The Balaban J connectivity index is 1.69. The third-order valence-corrected chi connectivity index (χ3v) is 7.80. The molecule has 2 aromatic rings. The van der Waals surface area contributed by atoms with Gasteiger partial charge in [-0.3, -0.25) is 4.79 Å². The first-order valence-corrected chi connectivity index (χ1v) is 12.3. The quantitative estimate of drug-likeness (QED) is 0.465. The van der Waals surface area contributed by atoms with Crippen LogP contribution in [0.15, 0.2) is 52.2 Å². The van der Waals surface area contributed by atoms with Gasteiger partial charge in [0, 0.05) is 50.5 Å². The molecule has 2 aliphatic rings. The van der Waals surface area contributed by atoms with Crippen LogP contribution in [0, 0.1) is 6.92 Å². The molecule has 164 valence electrons. The van der Waals surface area contributed by atoms with E-state index >= 15 is 0 Å². The highest BCUT2D eigenvalue weighted by molar-refractivity contribution is 7.12. The summed E-state index contributed by atoms with van der Waals surface area (Å²) in [5.41, 5.74) is 2.95. The van der Waals surface area contributed by atoms with Gasteiger partial charge in [-0.2, -0.15) is 0 Å². The molecule has 31 heavy (non-hydrogen) atoms. The molecule has 0 unspecified atom stereocenters. The summed E-state index contributed by atoms with van der Waals surface area (Å²) in [7, 11) is 0.